The largest absolute Gasteiger partial charge is 0.316 e. The molecular formula is C18H33N. The number of allylic oxidation sites excluding steroid dienone is 2. The summed E-state index contributed by atoms with van der Waals surface area (Å²) in [5, 5.41) is 3.73. The molecule has 1 heteroatoms. The molecule has 1 nitrogen and oxygen atoms in total. The van der Waals surface area contributed by atoms with Gasteiger partial charge in [-0.05, 0) is 62.9 Å². The SMILES string of the molecule is CC1=CC(C)CC(CNCCC2CCC(C)CC2)C1. The van der Waals surface area contributed by atoms with Crippen molar-refractivity contribution < 1.29 is 0 Å². The third kappa shape index (κ3) is 5.30. The Morgan fingerprint density at radius 2 is 1.84 bits per heavy atom. The van der Waals surface area contributed by atoms with Crippen molar-refractivity contribution in [1.82, 2.24) is 5.32 Å². The zero-order chi connectivity index (χ0) is 13.7. The monoisotopic (exact) mass is 263 g/mol. The van der Waals surface area contributed by atoms with Crippen LogP contribution in [0.25, 0.3) is 0 Å². The summed E-state index contributed by atoms with van der Waals surface area (Å²) in [5.41, 5.74) is 1.60. The molecule has 0 saturated heterocycles. The summed E-state index contributed by atoms with van der Waals surface area (Å²) >= 11 is 0. The van der Waals surface area contributed by atoms with E-state index in [1.165, 1.54) is 58.0 Å². The molecule has 2 rings (SSSR count). The van der Waals surface area contributed by atoms with E-state index >= 15 is 0 Å². The van der Waals surface area contributed by atoms with Crippen LogP contribution in [-0.2, 0) is 0 Å². The van der Waals surface area contributed by atoms with Crippen LogP contribution in [0.2, 0.25) is 0 Å². The van der Waals surface area contributed by atoms with Crippen LogP contribution >= 0.6 is 0 Å². The fourth-order valence-corrected chi connectivity index (χ4v) is 4.07. The normalized spacial score (nSPS) is 36.1. The lowest BCUT2D eigenvalue weighted by atomic mass is 9.81. The second kappa shape index (κ2) is 7.47. The lowest BCUT2D eigenvalue weighted by molar-refractivity contribution is 0.272. The molecule has 0 aromatic heterocycles. The van der Waals surface area contributed by atoms with Gasteiger partial charge >= 0.3 is 0 Å². The summed E-state index contributed by atoms with van der Waals surface area (Å²) in [7, 11) is 0. The predicted octanol–water partition coefficient (Wildman–Crippen LogP) is 4.78. The van der Waals surface area contributed by atoms with Gasteiger partial charge in [-0.3, -0.25) is 0 Å². The maximum absolute atomic E-state index is 3.73. The standard InChI is InChI=1S/C18H33N/c1-14-4-6-17(7-5-14)8-9-19-13-18-11-15(2)10-16(3)12-18/h10,14-15,17-19H,4-9,11-13H2,1-3H3. The van der Waals surface area contributed by atoms with Gasteiger partial charge in [0, 0.05) is 0 Å². The summed E-state index contributed by atoms with van der Waals surface area (Å²) in [5.74, 6) is 3.67. The van der Waals surface area contributed by atoms with Crippen LogP contribution in [0.4, 0.5) is 0 Å². The van der Waals surface area contributed by atoms with Gasteiger partial charge in [0.2, 0.25) is 0 Å². The minimum Gasteiger partial charge on any atom is -0.316 e. The Labute approximate surface area is 120 Å². The Kier molecular flexibility index (Phi) is 5.94. The zero-order valence-corrected chi connectivity index (χ0v) is 13.3. The molecule has 0 amide bonds. The molecule has 0 radical (unpaired) electrons. The van der Waals surface area contributed by atoms with Crippen LogP contribution < -0.4 is 5.32 Å². The van der Waals surface area contributed by atoms with Gasteiger partial charge in [0.05, 0.1) is 0 Å². The average molecular weight is 263 g/mol. The van der Waals surface area contributed by atoms with Gasteiger partial charge < -0.3 is 5.32 Å². The van der Waals surface area contributed by atoms with Crippen molar-refractivity contribution in [2.45, 2.75) is 65.7 Å². The molecule has 2 atom stereocenters. The zero-order valence-electron chi connectivity index (χ0n) is 13.3. The highest BCUT2D eigenvalue weighted by Gasteiger charge is 2.19. The molecule has 0 spiro atoms. The first-order valence-corrected chi connectivity index (χ1v) is 8.51. The van der Waals surface area contributed by atoms with E-state index in [9.17, 15) is 0 Å². The van der Waals surface area contributed by atoms with Gasteiger partial charge in [0.1, 0.15) is 0 Å². The van der Waals surface area contributed by atoms with Crippen LogP contribution in [-0.4, -0.2) is 13.1 Å². The smallest absolute Gasteiger partial charge is 0.00172 e. The van der Waals surface area contributed by atoms with E-state index in [0.29, 0.717) is 0 Å². The first-order chi connectivity index (χ1) is 9.13. The van der Waals surface area contributed by atoms with Crippen LogP contribution in [0, 0.1) is 23.7 Å². The van der Waals surface area contributed by atoms with E-state index in [4.69, 9.17) is 0 Å². The van der Waals surface area contributed by atoms with Crippen LogP contribution in [0.15, 0.2) is 11.6 Å². The number of nitrogens with one attached hydrogen (secondary N) is 1. The highest BCUT2D eigenvalue weighted by Crippen LogP contribution is 2.30. The Morgan fingerprint density at radius 3 is 2.53 bits per heavy atom. The molecule has 0 bridgehead atoms. The van der Waals surface area contributed by atoms with Gasteiger partial charge in [-0.15, -0.1) is 0 Å². The highest BCUT2D eigenvalue weighted by atomic mass is 14.9. The van der Waals surface area contributed by atoms with Crippen molar-refractivity contribution in [3.63, 3.8) is 0 Å². The molecule has 110 valence electrons. The molecule has 19 heavy (non-hydrogen) atoms. The number of rotatable bonds is 5. The van der Waals surface area contributed by atoms with Crippen LogP contribution in [0.3, 0.4) is 0 Å². The first kappa shape index (κ1) is 15.1. The number of hydrogen-bond acceptors (Lipinski definition) is 1. The maximum Gasteiger partial charge on any atom is -0.00172 e. The Hall–Kier alpha value is -0.300. The minimum absolute atomic E-state index is 0.792. The van der Waals surface area contributed by atoms with Crippen molar-refractivity contribution in [2.75, 3.05) is 13.1 Å². The summed E-state index contributed by atoms with van der Waals surface area (Å²) in [6.45, 7) is 9.55. The fraction of sp³-hybridized carbons (Fsp3) is 0.889. The third-order valence-corrected chi connectivity index (χ3v) is 5.18. The van der Waals surface area contributed by atoms with E-state index < -0.39 is 0 Å². The van der Waals surface area contributed by atoms with Crippen molar-refractivity contribution in [3.8, 4) is 0 Å². The molecule has 2 unspecified atom stereocenters. The molecule has 1 N–H and O–H groups in total. The Balaban J connectivity index is 1.56. The minimum atomic E-state index is 0.792. The lowest BCUT2D eigenvalue weighted by Gasteiger charge is -2.28. The molecule has 2 aliphatic carbocycles. The van der Waals surface area contributed by atoms with Crippen molar-refractivity contribution in [3.05, 3.63) is 11.6 Å². The summed E-state index contributed by atoms with van der Waals surface area (Å²) in [6.07, 6.45) is 12.5. The second-order valence-corrected chi connectivity index (χ2v) is 7.41. The summed E-state index contributed by atoms with van der Waals surface area (Å²) in [6, 6.07) is 0. The Bertz CT molecular complexity index is 286. The van der Waals surface area contributed by atoms with Crippen molar-refractivity contribution in [1.29, 1.82) is 0 Å². The second-order valence-electron chi connectivity index (χ2n) is 7.41. The molecule has 2 aliphatic rings. The average Bonchev–Trinajstić information content (AvgIpc) is 2.36. The van der Waals surface area contributed by atoms with E-state index in [1.807, 2.05) is 0 Å². The van der Waals surface area contributed by atoms with E-state index in [0.717, 1.165) is 23.7 Å². The highest BCUT2D eigenvalue weighted by molar-refractivity contribution is 5.06. The van der Waals surface area contributed by atoms with Crippen LogP contribution in [0.5, 0.6) is 0 Å². The predicted molar refractivity (Wildman–Crippen MR) is 84.3 cm³/mol. The third-order valence-electron chi connectivity index (χ3n) is 5.18. The molecule has 0 aromatic rings. The quantitative estimate of drug-likeness (QED) is 0.556. The van der Waals surface area contributed by atoms with E-state index in [1.54, 1.807) is 5.57 Å². The summed E-state index contributed by atoms with van der Waals surface area (Å²) < 4.78 is 0. The van der Waals surface area contributed by atoms with Crippen LogP contribution in [0.1, 0.15) is 65.7 Å². The maximum atomic E-state index is 3.73. The van der Waals surface area contributed by atoms with Gasteiger partial charge in [0.25, 0.3) is 0 Å². The van der Waals surface area contributed by atoms with E-state index in [-0.39, 0.29) is 0 Å². The molecule has 0 aromatic carbocycles. The first-order valence-electron chi connectivity index (χ1n) is 8.51. The Morgan fingerprint density at radius 1 is 1.11 bits per heavy atom. The number of hydrogen-bond donors (Lipinski definition) is 1. The van der Waals surface area contributed by atoms with Gasteiger partial charge in [-0.25, -0.2) is 0 Å². The van der Waals surface area contributed by atoms with Gasteiger partial charge in [0.15, 0.2) is 0 Å². The molecule has 0 heterocycles. The van der Waals surface area contributed by atoms with Gasteiger partial charge in [-0.1, -0.05) is 51.2 Å². The lowest BCUT2D eigenvalue weighted by Crippen LogP contribution is -2.28. The molecule has 1 saturated carbocycles. The topological polar surface area (TPSA) is 12.0 Å². The van der Waals surface area contributed by atoms with Crippen molar-refractivity contribution in [2.24, 2.45) is 23.7 Å². The fourth-order valence-electron chi connectivity index (χ4n) is 4.07. The van der Waals surface area contributed by atoms with E-state index in [2.05, 4.69) is 32.2 Å². The van der Waals surface area contributed by atoms with Gasteiger partial charge in [-0.2, -0.15) is 0 Å². The summed E-state index contributed by atoms with van der Waals surface area (Å²) in [4.78, 5) is 0. The van der Waals surface area contributed by atoms with Crippen molar-refractivity contribution >= 4 is 0 Å². The molecule has 1 fully saturated rings. The molecular weight excluding hydrogens is 230 g/mol. The molecule has 0 aliphatic heterocycles.